The van der Waals surface area contributed by atoms with Crippen molar-refractivity contribution in [3.8, 4) is 0 Å². The zero-order valence-electron chi connectivity index (χ0n) is 12.1. The number of ketones is 1. The molecule has 0 unspecified atom stereocenters. The smallest absolute Gasteiger partial charge is 0.257 e. The predicted octanol–water partition coefficient (Wildman–Crippen LogP) is 4.02. The molecule has 0 aliphatic heterocycles. The van der Waals surface area contributed by atoms with Crippen LogP contribution in [0.15, 0.2) is 29.2 Å². The van der Waals surface area contributed by atoms with Crippen LogP contribution in [0.5, 0.6) is 0 Å². The van der Waals surface area contributed by atoms with Crippen molar-refractivity contribution >= 4 is 39.9 Å². The summed E-state index contributed by atoms with van der Waals surface area (Å²) in [4.78, 5) is 29.5. The van der Waals surface area contributed by atoms with Gasteiger partial charge < -0.3 is 0 Å². The van der Waals surface area contributed by atoms with Gasteiger partial charge in [0.2, 0.25) is 0 Å². The molecule has 0 aliphatic carbocycles. The number of benzene rings is 1. The van der Waals surface area contributed by atoms with E-state index in [4.69, 9.17) is 0 Å². The van der Waals surface area contributed by atoms with Crippen molar-refractivity contribution in [2.45, 2.75) is 25.7 Å². The minimum Gasteiger partial charge on any atom is -0.298 e. The van der Waals surface area contributed by atoms with Crippen molar-refractivity contribution in [3.05, 3.63) is 40.4 Å². The SMILES string of the molecule is CCSc1cccc(C(=O)Nc2nc(C)c(C(C)=O)s2)c1. The molecule has 6 heteroatoms. The average molecular weight is 320 g/mol. The lowest BCUT2D eigenvalue weighted by Gasteiger charge is -2.04. The lowest BCUT2D eigenvalue weighted by Crippen LogP contribution is -2.11. The van der Waals surface area contributed by atoms with E-state index in [0.717, 1.165) is 10.6 Å². The lowest BCUT2D eigenvalue weighted by atomic mass is 10.2. The van der Waals surface area contributed by atoms with Crippen LogP contribution in [0.2, 0.25) is 0 Å². The van der Waals surface area contributed by atoms with Gasteiger partial charge in [-0.05, 0) is 30.9 Å². The van der Waals surface area contributed by atoms with E-state index in [1.54, 1.807) is 24.8 Å². The van der Waals surface area contributed by atoms with Crippen molar-refractivity contribution < 1.29 is 9.59 Å². The molecule has 0 bridgehead atoms. The molecule has 0 fully saturated rings. The maximum Gasteiger partial charge on any atom is 0.257 e. The molecule has 1 aromatic heterocycles. The second-order valence-corrected chi connectivity index (χ2v) is 6.74. The van der Waals surface area contributed by atoms with Gasteiger partial charge in [0, 0.05) is 17.4 Å². The van der Waals surface area contributed by atoms with Gasteiger partial charge in [-0.15, -0.1) is 11.8 Å². The Hall–Kier alpha value is -1.66. The van der Waals surface area contributed by atoms with Crippen molar-refractivity contribution in [2.24, 2.45) is 0 Å². The van der Waals surface area contributed by atoms with Gasteiger partial charge in [0.25, 0.3) is 5.91 Å². The lowest BCUT2D eigenvalue weighted by molar-refractivity contribution is 0.101. The summed E-state index contributed by atoms with van der Waals surface area (Å²) in [6, 6.07) is 7.46. The number of hydrogen-bond donors (Lipinski definition) is 1. The third-order valence-corrected chi connectivity index (χ3v) is 4.79. The number of hydrogen-bond acceptors (Lipinski definition) is 5. The minimum atomic E-state index is -0.211. The Morgan fingerprint density at radius 2 is 2.14 bits per heavy atom. The Bertz CT molecular complexity index is 680. The first-order valence-corrected chi connectivity index (χ1v) is 8.34. The van der Waals surface area contributed by atoms with Crippen LogP contribution < -0.4 is 5.32 Å². The minimum absolute atomic E-state index is 0.0353. The number of amides is 1. The van der Waals surface area contributed by atoms with Crippen molar-refractivity contribution in [3.63, 3.8) is 0 Å². The monoisotopic (exact) mass is 320 g/mol. The van der Waals surface area contributed by atoms with E-state index in [1.807, 2.05) is 18.2 Å². The van der Waals surface area contributed by atoms with Gasteiger partial charge in [0.05, 0.1) is 10.6 Å². The fraction of sp³-hybridized carbons (Fsp3) is 0.267. The van der Waals surface area contributed by atoms with E-state index in [0.29, 0.717) is 21.3 Å². The van der Waals surface area contributed by atoms with Crippen molar-refractivity contribution in [2.75, 3.05) is 11.1 Å². The predicted molar refractivity (Wildman–Crippen MR) is 87.6 cm³/mol. The summed E-state index contributed by atoms with van der Waals surface area (Å²) in [5.74, 6) is 0.711. The number of aromatic nitrogens is 1. The zero-order chi connectivity index (χ0) is 15.4. The molecule has 1 heterocycles. The van der Waals surface area contributed by atoms with Crippen molar-refractivity contribution in [1.29, 1.82) is 0 Å². The molecule has 0 aliphatic rings. The molecule has 4 nitrogen and oxygen atoms in total. The quantitative estimate of drug-likeness (QED) is 0.668. The highest BCUT2D eigenvalue weighted by molar-refractivity contribution is 7.99. The fourth-order valence-corrected chi connectivity index (χ4v) is 3.41. The second-order valence-electron chi connectivity index (χ2n) is 4.40. The van der Waals surface area contributed by atoms with Gasteiger partial charge in [-0.2, -0.15) is 0 Å². The third-order valence-electron chi connectivity index (χ3n) is 2.74. The van der Waals surface area contributed by atoms with Crippen LogP contribution in [0.1, 0.15) is 39.6 Å². The Balaban J connectivity index is 2.16. The average Bonchev–Trinajstić information content (AvgIpc) is 2.80. The maximum atomic E-state index is 12.2. The Kier molecular flexibility index (Phi) is 5.14. The highest BCUT2D eigenvalue weighted by Gasteiger charge is 2.14. The number of nitrogens with one attached hydrogen (secondary N) is 1. The Labute approximate surface area is 132 Å². The molecule has 2 aromatic rings. The Morgan fingerprint density at radius 1 is 1.38 bits per heavy atom. The number of aryl methyl sites for hydroxylation is 1. The van der Waals surface area contributed by atoms with E-state index in [-0.39, 0.29) is 11.7 Å². The van der Waals surface area contributed by atoms with E-state index in [2.05, 4.69) is 17.2 Å². The first-order chi connectivity index (χ1) is 10.0. The first-order valence-electron chi connectivity index (χ1n) is 6.53. The zero-order valence-corrected chi connectivity index (χ0v) is 13.7. The summed E-state index contributed by atoms with van der Waals surface area (Å²) in [5.41, 5.74) is 1.24. The second kappa shape index (κ2) is 6.87. The number of anilines is 1. The maximum absolute atomic E-state index is 12.2. The molecule has 0 spiro atoms. The van der Waals surface area contributed by atoms with Crippen LogP contribution in [0.25, 0.3) is 0 Å². The van der Waals surface area contributed by atoms with Gasteiger partial charge in [-0.3, -0.25) is 14.9 Å². The fourth-order valence-electron chi connectivity index (χ4n) is 1.84. The molecule has 1 N–H and O–H groups in total. The van der Waals surface area contributed by atoms with Crippen LogP contribution in [-0.4, -0.2) is 22.4 Å². The number of nitrogens with zero attached hydrogens (tertiary/aromatic N) is 1. The molecular weight excluding hydrogens is 304 g/mol. The van der Waals surface area contributed by atoms with Crippen molar-refractivity contribution in [1.82, 2.24) is 4.98 Å². The van der Waals surface area contributed by atoms with Crippen LogP contribution in [0.3, 0.4) is 0 Å². The van der Waals surface area contributed by atoms with E-state index in [9.17, 15) is 9.59 Å². The largest absolute Gasteiger partial charge is 0.298 e. The van der Waals surface area contributed by atoms with Crippen LogP contribution in [0.4, 0.5) is 5.13 Å². The van der Waals surface area contributed by atoms with Crippen LogP contribution in [0, 0.1) is 6.92 Å². The summed E-state index contributed by atoms with van der Waals surface area (Å²) >= 11 is 2.89. The summed E-state index contributed by atoms with van der Waals surface area (Å²) in [5, 5.41) is 3.21. The van der Waals surface area contributed by atoms with Crippen LogP contribution >= 0.6 is 23.1 Å². The molecule has 0 radical (unpaired) electrons. The van der Waals surface area contributed by atoms with Gasteiger partial charge in [0.1, 0.15) is 0 Å². The molecule has 1 amide bonds. The molecule has 110 valence electrons. The number of rotatable bonds is 5. The summed E-state index contributed by atoms with van der Waals surface area (Å²) in [6.07, 6.45) is 0. The molecular formula is C15H16N2O2S2. The van der Waals surface area contributed by atoms with Gasteiger partial charge >= 0.3 is 0 Å². The number of thiazole rings is 1. The standard InChI is InChI=1S/C15H16N2O2S2/c1-4-20-12-7-5-6-11(8-12)14(19)17-15-16-9(2)13(21-15)10(3)18/h5-8H,4H2,1-3H3,(H,16,17,19). The topological polar surface area (TPSA) is 59.1 Å². The number of carbonyl (C=O) groups is 2. The molecule has 0 atom stereocenters. The third kappa shape index (κ3) is 3.92. The summed E-state index contributed by atoms with van der Waals surface area (Å²) in [7, 11) is 0. The Morgan fingerprint density at radius 3 is 2.76 bits per heavy atom. The highest BCUT2D eigenvalue weighted by atomic mass is 32.2. The van der Waals surface area contributed by atoms with Gasteiger partial charge in [-0.1, -0.05) is 24.3 Å². The van der Waals surface area contributed by atoms with Crippen LogP contribution in [-0.2, 0) is 0 Å². The summed E-state index contributed by atoms with van der Waals surface area (Å²) < 4.78 is 0. The highest BCUT2D eigenvalue weighted by Crippen LogP contribution is 2.24. The number of Topliss-reactive ketones (excluding diaryl/α,β-unsaturated/α-hetero) is 1. The molecule has 2 rings (SSSR count). The number of thioether (sulfide) groups is 1. The summed E-state index contributed by atoms with van der Waals surface area (Å²) in [6.45, 7) is 5.33. The molecule has 0 saturated carbocycles. The molecule has 21 heavy (non-hydrogen) atoms. The first kappa shape index (κ1) is 15.7. The van der Waals surface area contributed by atoms with E-state index < -0.39 is 0 Å². The normalized spacial score (nSPS) is 10.4. The molecule has 1 aromatic carbocycles. The van der Waals surface area contributed by atoms with Gasteiger partial charge in [0.15, 0.2) is 10.9 Å². The van der Waals surface area contributed by atoms with Gasteiger partial charge in [-0.25, -0.2) is 4.98 Å². The van der Waals surface area contributed by atoms with E-state index in [1.165, 1.54) is 18.3 Å². The van der Waals surface area contributed by atoms with E-state index >= 15 is 0 Å². The number of carbonyl (C=O) groups excluding carboxylic acids is 2. The molecule has 0 saturated heterocycles.